The second kappa shape index (κ2) is 10.1. The van der Waals surface area contributed by atoms with Gasteiger partial charge in [-0.3, -0.25) is 14.6 Å². The molecule has 2 heterocycles. The van der Waals surface area contributed by atoms with E-state index in [-0.39, 0.29) is 17.7 Å². The van der Waals surface area contributed by atoms with Crippen LogP contribution in [-0.2, 0) is 11.2 Å². The zero-order chi connectivity index (χ0) is 22.3. The molecule has 32 heavy (non-hydrogen) atoms. The van der Waals surface area contributed by atoms with Gasteiger partial charge >= 0.3 is 0 Å². The molecule has 1 aliphatic heterocycles. The Kier molecular flexibility index (Phi) is 6.75. The molecule has 0 N–H and O–H groups in total. The summed E-state index contributed by atoms with van der Waals surface area (Å²) in [5.74, 6) is -0.399. The average molecular weight is 426 g/mol. The molecule has 1 unspecified atom stereocenters. The molecule has 5 nitrogen and oxygen atoms in total. The first-order valence-corrected chi connectivity index (χ1v) is 10.9. The van der Waals surface area contributed by atoms with Crippen LogP contribution in [0.25, 0.3) is 11.1 Å². The predicted molar refractivity (Wildman–Crippen MR) is 126 cm³/mol. The molecule has 2 amide bonds. The van der Waals surface area contributed by atoms with E-state index in [1.165, 1.54) is 0 Å². The first-order valence-electron chi connectivity index (χ1n) is 10.9. The molecule has 1 aliphatic rings. The van der Waals surface area contributed by atoms with Gasteiger partial charge in [-0.1, -0.05) is 66.7 Å². The van der Waals surface area contributed by atoms with Crippen molar-refractivity contribution in [2.45, 2.75) is 6.42 Å². The summed E-state index contributed by atoms with van der Waals surface area (Å²) in [4.78, 5) is 34.2. The Hall–Kier alpha value is -3.73. The van der Waals surface area contributed by atoms with Crippen LogP contribution in [0.3, 0.4) is 0 Å². The minimum Gasteiger partial charge on any atom is -0.337 e. The second-order valence-electron chi connectivity index (χ2n) is 8.01. The van der Waals surface area contributed by atoms with Gasteiger partial charge in [0.1, 0.15) is 5.69 Å². The molecule has 0 aliphatic carbocycles. The zero-order valence-electron chi connectivity index (χ0n) is 18.1. The first kappa shape index (κ1) is 21.5. The maximum atomic E-state index is 13.3. The smallest absolute Gasteiger partial charge is 0.272 e. The van der Waals surface area contributed by atoms with Gasteiger partial charge in [-0.25, -0.2) is 0 Å². The summed E-state index contributed by atoms with van der Waals surface area (Å²) in [7, 11) is 0. The fourth-order valence-corrected chi connectivity index (χ4v) is 4.16. The summed E-state index contributed by atoms with van der Waals surface area (Å²) >= 11 is 0. The summed E-state index contributed by atoms with van der Waals surface area (Å²) in [6.07, 6.45) is 3.92. The molecule has 0 saturated carbocycles. The molecule has 0 spiro atoms. The van der Waals surface area contributed by atoms with Gasteiger partial charge in [-0.15, -0.1) is 6.58 Å². The molecule has 5 heteroatoms. The van der Waals surface area contributed by atoms with Crippen molar-refractivity contribution in [2.24, 2.45) is 5.92 Å². The van der Waals surface area contributed by atoms with Crippen molar-refractivity contribution < 1.29 is 9.59 Å². The average Bonchev–Trinajstić information content (AvgIpc) is 2.99. The molecule has 162 valence electrons. The van der Waals surface area contributed by atoms with E-state index in [9.17, 15) is 9.59 Å². The number of aromatic nitrogens is 1. The highest BCUT2D eigenvalue weighted by Crippen LogP contribution is 2.23. The van der Waals surface area contributed by atoms with Crippen LogP contribution in [0.5, 0.6) is 0 Å². The number of benzene rings is 2. The van der Waals surface area contributed by atoms with Gasteiger partial charge in [0.05, 0.1) is 5.92 Å². The number of hydrogen-bond acceptors (Lipinski definition) is 3. The summed E-state index contributed by atoms with van der Waals surface area (Å²) in [6.45, 7) is 5.61. The molecule has 1 atom stereocenters. The summed E-state index contributed by atoms with van der Waals surface area (Å²) in [6, 6.07) is 23.8. The summed E-state index contributed by atoms with van der Waals surface area (Å²) < 4.78 is 0. The van der Waals surface area contributed by atoms with Crippen LogP contribution in [0.1, 0.15) is 16.1 Å². The highest BCUT2D eigenvalue weighted by atomic mass is 16.2. The van der Waals surface area contributed by atoms with E-state index < -0.39 is 0 Å². The fourth-order valence-electron chi connectivity index (χ4n) is 4.16. The van der Waals surface area contributed by atoms with E-state index in [1.807, 2.05) is 30.3 Å². The van der Waals surface area contributed by atoms with Crippen LogP contribution in [0.15, 0.2) is 91.6 Å². The second-order valence-corrected chi connectivity index (χ2v) is 8.01. The number of carbonyl (C=O) groups excluding carboxylic acids is 2. The Morgan fingerprint density at radius 1 is 1.00 bits per heavy atom. The number of carbonyl (C=O) groups is 2. The lowest BCUT2D eigenvalue weighted by Crippen LogP contribution is -2.38. The Balaban J connectivity index is 1.59. The number of pyridine rings is 1. The van der Waals surface area contributed by atoms with Gasteiger partial charge in [-0.05, 0) is 35.2 Å². The van der Waals surface area contributed by atoms with Gasteiger partial charge in [-0.2, -0.15) is 0 Å². The van der Waals surface area contributed by atoms with Crippen molar-refractivity contribution in [3.63, 3.8) is 0 Å². The van der Waals surface area contributed by atoms with Gasteiger partial charge in [0.2, 0.25) is 5.91 Å². The lowest BCUT2D eigenvalue weighted by molar-refractivity contribution is -0.134. The third-order valence-corrected chi connectivity index (χ3v) is 5.78. The highest BCUT2D eigenvalue weighted by molar-refractivity contribution is 5.93. The Bertz CT molecular complexity index is 1080. The van der Waals surface area contributed by atoms with E-state index in [1.54, 1.807) is 40.3 Å². The highest BCUT2D eigenvalue weighted by Gasteiger charge is 2.32. The monoisotopic (exact) mass is 425 g/mol. The quantitative estimate of drug-likeness (QED) is 0.559. The van der Waals surface area contributed by atoms with Crippen molar-refractivity contribution in [1.82, 2.24) is 14.8 Å². The molecule has 2 aromatic carbocycles. The van der Waals surface area contributed by atoms with Gasteiger partial charge < -0.3 is 9.80 Å². The normalized spacial score (nSPS) is 16.5. The Labute approximate surface area is 189 Å². The summed E-state index contributed by atoms with van der Waals surface area (Å²) in [5, 5.41) is 0. The SMILES string of the molecule is C=CCN1CCN(C(=O)c2ccccn2)CC(Cc2cccc(-c3ccccc3)c2)C1=O. The van der Waals surface area contributed by atoms with E-state index in [2.05, 4.69) is 35.8 Å². The molecule has 1 aromatic heterocycles. The molecule has 3 aromatic rings. The fraction of sp³-hybridized carbons (Fsp3) is 0.222. The van der Waals surface area contributed by atoms with Crippen LogP contribution in [0.4, 0.5) is 0 Å². The zero-order valence-corrected chi connectivity index (χ0v) is 18.1. The molecule has 1 saturated heterocycles. The van der Waals surface area contributed by atoms with Gasteiger partial charge in [0.15, 0.2) is 0 Å². The number of rotatable bonds is 6. The topological polar surface area (TPSA) is 53.5 Å². The molecule has 0 bridgehead atoms. The lowest BCUT2D eigenvalue weighted by Gasteiger charge is -2.23. The number of hydrogen-bond donors (Lipinski definition) is 0. The van der Waals surface area contributed by atoms with E-state index in [0.717, 1.165) is 16.7 Å². The van der Waals surface area contributed by atoms with Crippen molar-refractivity contribution >= 4 is 11.8 Å². The molecule has 1 fully saturated rings. The predicted octanol–water partition coefficient (Wildman–Crippen LogP) is 4.08. The lowest BCUT2D eigenvalue weighted by atomic mass is 9.94. The van der Waals surface area contributed by atoms with E-state index in [0.29, 0.717) is 38.3 Å². The van der Waals surface area contributed by atoms with Gasteiger partial charge in [0, 0.05) is 32.4 Å². The van der Waals surface area contributed by atoms with Crippen LogP contribution in [0, 0.1) is 5.92 Å². The van der Waals surface area contributed by atoms with Crippen molar-refractivity contribution in [3.05, 3.63) is 103 Å². The van der Waals surface area contributed by atoms with Crippen LogP contribution >= 0.6 is 0 Å². The minimum atomic E-state index is -0.323. The maximum Gasteiger partial charge on any atom is 0.272 e. The largest absolute Gasteiger partial charge is 0.337 e. The van der Waals surface area contributed by atoms with E-state index >= 15 is 0 Å². The molecular weight excluding hydrogens is 398 g/mol. The number of amides is 2. The van der Waals surface area contributed by atoms with Crippen molar-refractivity contribution in [2.75, 3.05) is 26.2 Å². The third kappa shape index (κ3) is 4.94. The van der Waals surface area contributed by atoms with Gasteiger partial charge in [0.25, 0.3) is 5.91 Å². The third-order valence-electron chi connectivity index (χ3n) is 5.78. The maximum absolute atomic E-state index is 13.3. The Morgan fingerprint density at radius 2 is 1.78 bits per heavy atom. The Morgan fingerprint density at radius 3 is 2.53 bits per heavy atom. The van der Waals surface area contributed by atoms with Crippen LogP contribution < -0.4 is 0 Å². The molecule has 0 radical (unpaired) electrons. The number of nitrogens with zero attached hydrogens (tertiary/aromatic N) is 3. The molecule has 4 rings (SSSR count). The minimum absolute atomic E-state index is 0.0614. The van der Waals surface area contributed by atoms with Crippen LogP contribution in [0.2, 0.25) is 0 Å². The van der Waals surface area contributed by atoms with Crippen molar-refractivity contribution in [1.29, 1.82) is 0 Å². The van der Waals surface area contributed by atoms with Crippen LogP contribution in [-0.4, -0.2) is 52.8 Å². The van der Waals surface area contributed by atoms with Crippen molar-refractivity contribution in [3.8, 4) is 11.1 Å². The molecular formula is C27H27N3O2. The first-order chi connectivity index (χ1) is 15.7. The standard InChI is InChI=1S/C27H27N3O2/c1-2-15-29-16-17-30(27(32)25-13-6-7-14-28-25)20-24(26(29)31)19-21-9-8-12-23(18-21)22-10-4-3-5-11-22/h2-14,18,24H,1,15-17,19-20H2. The summed E-state index contributed by atoms with van der Waals surface area (Å²) in [5.41, 5.74) is 3.74. The van der Waals surface area contributed by atoms with E-state index in [4.69, 9.17) is 0 Å².